The third-order valence-electron chi connectivity index (χ3n) is 5.84. The van der Waals surface area contributed by atoms with E-state index in [1.807, 2.05) is 30.7 Å². The molecule has 2 atom stereocenters. The second-order valence-electron chi connectivity index (χ2n) is 7.70. The number of rotatable bonds is 2. The highest BCUT2D eigenvalue weighted by atomic mass is 16.6. The van der Waals surface area contributed by atoms with Crippen molar-refractivity contribution in [2.24, 2.45) is 0 Å². The van der Waals surface area contributed by atoms with Crippen molar-refractivity contribution < 1.29 is 14.3 Å². The normalized spacial score (nSPS) is 22.5. The molecule has 2 fully saturated rings. The van der Waals surface area contributed by atoms with Crippen LogP contribution in [0.4, 0.5) is 0 Å². The van der Waals surface area contributed by atoms with Crippen molar-refractivity contribution in [3.63, 3.8) is 0 Å². The number of likely N-dealkylation sites (tertiary alicyclic amines) is 1. The number of aromatic nitrogens is 5. The van der Waals surface area contributed by atoms with Crippen molar-refractivity contribution >= 4 is 22.7 Å². The number of carbonyl (C=O) groups is 1. The van der Waals surface area contributed by atoms with Crippen LogP contribution in [0.3, 0.4) is 0 Å². The van der Waals surface area contributed by atoms with Crippen LogP contribution < -0.4 is 0 Å². The minimum Gasteiger partial charge on any atom is -0.371 e. The fourth-order valence-electron chi connectivity index (χ4n) is 4.27. The Kier molecular flexibility index (Phi) is 4.03. The summed E-state index contributed by atoms with van der Waals surface area (Å²) in [5.74, 6) is 0.384. The van der Waals surface area contributed by atoms with Crippen LogP contribution in [-0.2, 0) is 9.47 Å². The molecule has 3 aromatic heterocycles. The molecule has 0 unspecified atom stereocenters. The molecule has 0 aliphatic carbocycles. The number of imidazole rings is 2. The first-order valence-corrected chi connectivity index (χ1v) is 10.00. The molecular formula is C21H20N6O3. The van der Waals surface area contributed by atoms with Crippen LogP contribution in [-0.4, -0.2) is 73.2 Å². The van der Waals surface area contributed by atoms with E-state index in [0.29, 0.717) is 37.8 Å². The highest BCUT2D eigenvalue weighted by Crippen LogP contribution is 2.27. The number of para-hydroxylation sites is 2. The summed E-state index contributed by atoms with van der Waals surface area (Å²) in [6.45, 7) is 2.01. The van der Waals surface area contributed by atoms with Gasteiger partial charge in [-0.15, -0.1) is 0 Å². The summed E-state index contributed by atoms with van der Waals surface area (Å²) in [7, 11) is 0. The summed E-state index contributed by atoms with van der Waals surface area (Å²) < 4.78 is 16.2. The Morgan fingerprint density at radius 1 is 1.03 bits per heavy atom. The number of amides is 1. The molecule has 30 heavy (non-hydrogen) atoms. The quantitative estimate of drug-likeness (QED) is 0.504. The van der Waals surface area contributed by atoms with E-state index in [1.165, 1.54) is 0 Å². The number of nitrogens with zero attached hydrogens (tertiary/aromatic N) is 6. The Morgan fingerprint density at radius 3 is 2.63 bits per heavy atom. The van der Waals surface area contributed by atoms with Crippen LogP contribution in [0.2, 0.25) is 0 Å². The molecule has 9 nitrogen and oxygen atoms in total. The van der Waals surface area contributed by atoms with Crippen LogP contribution in [0.15, 0.2) is 55.2 Å². The van der Waals surface area contributed by atoms with Crippen molar-refractivity contribution in [3.05, 3.63) is 60.9 Å². The highest BCUT2D eigenvalue weighted by Gasteiger charge is 2.40. The maximum Gasteiger partial charge on any atom is 0.274 e. The molecule has 2 saturated heterocycles. The fraction of sp³-hybridized carbons (Fsp3) is 0.333. The number of carbonyl (C=O) groups excluding carboxylic acids is 1. The van der Waals surface area contributed by atoms with Crippen LogP contribution in [0.5, 0.6) is 0 Å². The van der Waals surface area contributed by atoms with Gasteiger partial charge in [0.1, 0.15) is 17.9 Å². The standard InChI is InChI=1S/C21H20N6O3/c28-20(16-8-25-7-3-6-22-21(25)24-16)26-9-18-19(10-26)30-12-14(11-29-18)27-13-23-15-4-1-2-5-17(15)27/h1-8,13-14,18-19H,9-12H2/t18-,19-/m0/s1. The van der Waals surface area contributed by atoms with Gasteiger partial charge in [-0.3, -0.25) is 9.20 Å². The second-order valence-corrected chi connectivity index (χ2v) is 7.70. The number of hydrogen-bond donors (Lipinski definition) is 0. The molecule has 0 spiro atoms. The van der Waals surface area contributed by atoms with Crippen molar-refractivity contribution in [3.8, 4) is 0 Å². The lowest BCUT2D eigenvalue weighted by molar-refractivity contribution is -0.00461. The first kappa shape index (κ1) is 17.5. The molecule has 5 heterocycles. The van der Waals surface area contributed by atoms with Crippen molar-refractivity contribution in [2.45, 2.75) is 18.2 Å². The summed E-state index contributed by atoms with van der Waals surface area (Å²) in [5.41, 5.74) is 2.41. The average Bonchev–Trinajstić information content (AvgIpc) is 3.47. The summed E-state index contributed by atoms with van der Waals surface area (Å²) >= 11 is 0. The van der Waals surface area contributed by atoms with Crippen molar-refractivity contribution in [1.29, 1.82) is 0 Å². The molecule has 9 heteroatoms. The molecule has 0 saturated carbocycles. The number of fused-ring (bicyclic) bond motifs is 3. The lowest BCUT2D eigenvalue weighted by Gasteiger charge is -2.19. The highest BCUT2D eigenvalue weighted by molar-refractivity contribution is 5.93. The lowest BCUT2D eigenvalue weighted by atomic mass is 10.2. The van der Waals surface area contributed by atoms with Crippen LogP contribution in [0.25, 0.3) is 16.8 Å². The lowest BCUT2D eigenvalue weighted by Crippen LogP contribution is -2.31. The average molecular weight is 404 g/mol. The summed E-state index contributed by atoms with van der Waals surface area (Å²) in [5, 5.41) is 0. The first-order valence-electron chi connectivity index (χ1n) is 10.00. The maximum absolute atomic E-state index is 12.9. The largest absolute Gasteiger partial charge is 0.371 e. The SMILES string of the molecule is O=C(c1cn2cccnc2n1)N1C[C@@H]2OCC(n3cnc4ccccc43)CO[C@H]2C1. The molecule has 4 aromatic rings. The third kappa shape index (κ3) is 2.86. The predicted octanol–water partition coefficient (Wildman–Crippen LogP) is 1.56. The fourth-order valence-corrected chi connectivity index (χ4v) is 4.27. The van der Waals surface area contributed by atoms with E-state index in [0.717, 1.165) is 11.0 Å². The van der Waals surface area contributed by atoms with Crippen molar-refractivity contribution in [1.82, 2.24) is 28.8 Å². The van der Waals surface area contributed by atoms with Gasteiger partial charge in [-0.1, -0.05) is 12.1 Å². The molecule has 1 amide bonds. The van der Waals surface area contributed by atoms with Crippen LogP contribution in [0.1, 0.15) is 16.5 Å². The molecule has 2 aliphatic heterocycles. The van der Waals surface area contributed by atoms with Gasteiger partial charge in [0.15, 0.2) is 0 Å². The monoisotopic (exact) mass is 404 g/mol. The molecule has 1 aromatic carbocycles. The van der Waals surface area contributed by atoms with Gasteiger partial charge in [0, 0.05) is 31.7 Å². The van der Waals surface area contributed by atoms with Crippen LogP contribution >= 0.6 is 0 Å². The zero-order valence-electron chi connectivity index (χ0n) is 16.2. The van der Waals surface area contributed by atoms with Gasteiger partial charge in [-0.25, -0.2) is 15.0 Å². The summed E-state index contributed by atoms with van der Waals surface area (Å²) in [4.78, 5) is 27.7. The number of benzene rings is 1. The molecule has 0 N–H and O–H groups in total. The Hall–Kier alpha value is -3.30. The molecule has 2 aliphatic rings. The topological polar surface area (TPSA) is 86.8 Å². The van der Waals surface area contributed by atoms with E-state index in [4.69, 9.17) is 9.47 Å². The summed E-state index contributed by atoms with van der Waals surface area (Å²) in [6.07, 6.45) is 6.74. The van der Waals surface area contributed by atoms with E-state index in [1.54, 1.807) is 27.8 Å². The van der Waals surface area contributed by atoms with E-state index in [2.05, 4.69) is 25.6 Å². The van der Waals surface area contributed by atoms with Gasteiger partial charge in [0.25, 0.3) is 5.91 Å². The van der Waals surface area contributed by atoms with Gasteiger partial charge in [-0.2, -0.15) is 0 Å². The van der Waals surface area contributed by atoms with E-state index in [9.17, 15) is 4.79 Å². The molecule has 152 valence electrons. The molecule has 0 radical (unpaired) electrons. The van der Waals surface area contributed by atoms with Gasteiger partial charge in [-0.05, 0) is 18.2 Å². The minimum atomic E-state index is -0.149. The smallest absolute Gasteiger partial charge is 0.274 e. The number of hydrogen-bond acceptors (Lipinski definition) is 6. The van der Waals surface area contributed by atoms with E-state index < -0.39 is 0 Å². The molecule has 6 rings (SSSR count). The van der Waals surface area contributed by atoms with Crippen LogP contribution in [0, 0.1) is 0 Å². The Bertz CT molecular complexity index is 1180. The second kappa shape index (κ2) is 6.89. The Labute approximate surface area is 171 Å². The minimum absolute atomic E-state index is 0.0525. The van der Waals surface area contributed by atoms with Gasteiger partial charge in [0.2, 0.25) is 5.78 Å². The Morgan fingerprint density at radius 2 is 1.83 bits per heavy atom. The van der Waals surface area contributed by atoms with E-state index >= 15 is 0 Å². The summed E-state index contributed by atoms with van der Waals surface area (Å²) in [6, 6.07) is 9.89. The number of ether oxygens (including phenoxy) is 2. The first-order chi connectivity index (χ1) is 14.8. The maximum atomic E-state index is 12.9. The van der Waals surface area contributed by atoms with Gasteiger partial charge < -0.3 is 18.9 Å². The zero-order valence-corrected chi connectivity index (χ0v) is 16.2. The van der Waals surface area contributed by atoms with E-state index in [-0.39, 0.29) is 24.2 Å². The zero-order chi connectivity index (χ0) is 20.1. The van der Waals surface area contributed by atoms with Gasteiger partial charge >= 0.3 is 0 Å². The van der Waals surface area contributed by atoms with Gasteiger partial charge in [0.05, 0.1) is 36.6 Å². The Balaban J connectivity index is 1.16. The molecule has 0 bridgehead atoms. The molecular weight excluding hydrogens is 384 g/mol. The van der Waals surface area contributed by atoms with Crippen molar-refractivity contribution in [2.75, 3.05) is 26.3 Å². The predicted molar refractivity (Wildman–Crippen MR) is 107 cm³/mol. The third-order valence-corrected chi connectivity index (χ3v) is 5.84.